The van der Waals surface area contributed by atoms with Crippen LogP contribution in [0.15, 0.2) is 72.9 Å². The van der Waals surface area contributed by atoms with Gasteiger partial charge in [-0.3, -0.25) is 14.4 Å². The zero-order valence-electron chi connectivity index (χ0n) is 44.2. The van der Waals surface area contributed by atoms with Crippen LogP contribution in [-0.4, -0.2) is 37.2 Å². The lowest BCUT2D eigenvalue weighted by molar-refractivity contribution is -0.167. The van der Waals surface area contributed by atoms with Crippen LogP contribution in [0.25, 0.3) is 0 Å². The molecule has 0 spiro atoms. The highest BCUT2D eigenvalue weighted by Crippen LogP contribution is 2.14. The first-order valence-corrected chi connectivity index (χ1v) is 28.4. The van der Waals surface area contributed by atoms with E-state index < -0.39 is 6.10 Å². The number of esters is 3. The molecule has 386 valence electrons. The minimum Gasteiger partial charge on any atom is -0.462 e. The van der Waals surface area contributed by atoms with Crippen molar-refractivity contribution in [3.63, 3.8) is 0 Å². The van der Waals surface area contributed by atoms with Gasteiger partial charge in [-0.05, 0) is 116 Å². The monoisotopic (exact) mass is 935 g/mol. The summed E-state index contributed by atoms with van der Waals surface area (Å²) >= 11 is 0. The molecule has 0 N–H and O–H groups in total. The third kappa shape index (κ3) is 53.7. The molecule has 0 amide bonds. The van der Waals surface area contributed by atoms with Crippen molar-refractivity contribution in [3.8, 4) is 0 Å². The minimum atomic E-state index is -0.794. The smallest absolute Gasteiger partial charge is 0.306 e. The lowest BCUT2D eigenvalue weighted by atomic mass is 10.1. The van der Waals surface area contributed by atoms with Crippen molar-refractivity contribution in [1.82, 2.24) is 0 Å². The van der Waals surface area contributed by atoms with Crippen LogP contribution >= 0.6 is 0 Å². The summed E-state index contributed by atoms with van der Waals surface area (Å²) in [6.45, 7) is 6.57. The quantitative estimate of drug-likeness (QED) is 0.0262. The summed E-state index contributed by atoms with van der Waals surface area (Å²) in [4.78, 5) is 38.1. The normalized spacial score (nSPS) is 12.6. The molecule has 0 unspecified atom stereocenters. The van der Waals surface area contributed by atoms with Gasteiger partial charge in [-0.2, -0.15) is 0 Å². The molecule has 0 rings (SSSR count). The highest BCUT2D eigenvalue weighted by molar-refractivity contribution is 5.71. The van der Waals surface area contributed by atoms with Gasteiger partial charge in [0, 0.05) is 19.3 Å². The molecule has 0 bridgehead atoms. The highest BCUT2D eigenvalue weighted by Gasteiger charge is 2.19. The predicted octanol–water partition coefficient (Wildman–Crippen LogP) is 19.0. The van der Waals surface area contributed by atoms with Crippen molar-refractivity contribution in [2.45, 2.75) is 284 Å². The fraction of sp³-hybridized carbons (Fsp3) is 0.754. The molecule has 6 heteroatoms. The molecule has 0 aromatic rings. The van der Waals surface area contributed by atoms with Gasteiger partial charge in [0.1, 0.15) is 13.2 Å². The van der Waals surface area contributed by atoms with E-state index in [1.807, 2.05) is 0 Å². The summed E-state index contributed by atoms with van der Waals surface area (Å²) in [6.07, 6.45) is 70.2. The van der Waals surface area contributed by atoms with Gasteiger partial charge in [-0.15, -0.1) is 0 Å². The Kier molecular flexibility index (Phi) is 52.8. The number of hydrogen-bond acceptors (Lipinski definition) is 6. The van der Waals surface area contributed by atoms with E-state index in [1.165, 1.54) is 148 Å². The summed E-state index contributed by atoms with van der Waals surface area (Å²) < 4.78 is 16.8. The number of hydrogen-bond donors (Lipinski definition) is 0. The van der Waals surface area contributed by atoms with Gasteiger partial charge in [0.15, 0.2) is 6.10 Å². The molecule has 0 saturated carbocycles. The predicted molar refractivity (Wildman–Crippen MR) is 288 cm³/mol. The van der Waals surface area contributed by atoms with Crippen molar-refractivity contribution in [2.24, 2.45) is 0 Å². The maximum Gasteiger partial charge on any atom is 0.306 e. The summed E-state index contributed by atoms with van der Waals surface area (Å²) in [5, 5.41) is 0. The van der Waals surface area contributed by atoms with Gasteiger partial charge in [0.2, 0.25) is 0 Å². The fourth-order valence-corrected chi connectivity index (χ4v) is 7.83. The first-order valence-electron chi connectivity index (χ1n) is 28.4. The average Bonchev–Trinajstić information content (AvgIpc) is 3.33. The minimum absolute atomic E-state index is 0.0912. The zero-order valence-corrected chi connectivity index (χ0v) is 44.2. The highest BCUT2D eigenvalue weighted by atomic mass is 16.6. The Morgan fingerprint density at radius 1 is 0.299 bits per heavy atom. The second-order valence-electron chi connectivity index (χ2n) is 18.8. The van der Waals surface area contributed by atoms with Gasteiger partial charge in [-0.25, -0.2) is 0 Å². The van der Waals surface area contributed by atoms with Crippen LogP contribution < -0.4 is 0 Å². The van der Waals surface area contributed by atoms with Crippen LogP contribution in [0, 0.1) is 0 Å². The SMILES string of the molecule is CCCCC/C=C\C/C=C\C/C=C\C/C=C\CCCCCC(=O)OC[C@H](COC(=O)CCCCCCC/C=C\CCCCCCCC)OC(=O)CCCCCCCCC/C=C\CCCCCC. The topological polar surface area (TPSA) is 78.9 Å². The van der Waals surface area contributed by atoms with Crippen molar-refractivity contribution >= 4 is 17.9 Å². The fourth-order valence-electron chi connectivity index (χ4n) is 7.83. The molecule has 1 atom stereocenters. The molecule has 67 heavy (non-hydrogen) atoms. The summed E-state index contributed by atoms with van der Waals surface area (Å²) in [5.74, 6) is -0.929. The Bertz CT molecular complexity index is 1260. The second-order valence-corrected chi connectivity index (χ2v) is 18.8. The molecule has 0 aliphatic rings. The van der Waals surface area contributed by atoms with E-state index >= 15 is 0 Å². The van der Waals surface area contributed by atoms with Crippen LogP contribution in [-0.2, 0) is 28.6 Å². The molecule has 0 aromatic carbocycles. The molecule has 0 radical (unpaired) electrons. The van der Waals surface area contributed by atoms with Crippen LogP contribution in [0.4, 0.5) is 0 Å². The first kappa shape index (κ1) is 63.8. The van der Waals surface area contributed by atoms with E-state index in [-0.39, 0.29) is 31.1 Å². The van der Waals surface area contributed by atoms with Crippen molar-refractivity contribution in [2.75, 3.05) is 13.2 Å². The molecule has 0 aromatic heterocycles. The van der Waals surface area contributed by atoms with Gasteiger partial charge in [-0.1, -0.05) is 216 Å². The summed E-state index contributed by atoms with van der Waals surface area (Å²) in [7, 11) is 0. The molecule has 0 aliphatic carbocycles. The summed E-state index contributed by atoms with van der Waals surface area (Å²) in [6, 6.07) is 0. The maximum absolute atomic E-state index is 12.8. The molecule has 0 saturated heterocycles. The van der Waals surface area contributed by atoms with E-state index in [9.17, 15) is 14.4 Å². The van der Waals surface area contributed by atoms with E-state index in [1.54, 1.807) is 0 Å². The third-order valence-corrected chi connectivity index (χ3v) is 12.2. The van der Waals surface area contributed by atoms with Crippen LogP contribution in [0.1, 0.15) is 278 Å². The van der Waals surface area contributed by atoms with Crippen LogP contribution in [0.5, 0.6) is 0 Å². The Morgan fingerprint density at radius 3 is 0.910 bits per heavy atom. The van der Waals surface area contributed by atoms with E-state index in [0.29, 0.717) is 19.3 Å². The average molecular weight is 936 g/mol. The Hall–Kier alpha value is -3.15. The van der Waals surface area contributed by atoms with Crippen LogP contribution in [0.2, 0.25) is 0 Å². The van der Waals surface area contributed by atoms with Crippen molar-refractivity contribution in [3.05, 3.63) is 72.9 Å². The number of carbonyl (C=O) groups excluding carboxylic acids is 3. The van der Waals surface area contributed by atoms with Gasteiger partial charge in [0.05, 0.1) is 0 Å². The molecular weight excluding hydrogens is 829 g/mol. The molecular formula is C61H106O6. The number of rotatable bonds is 51. The largest absolute Gasteiger partial charge is 0.462 e. The molecule has 0 fully saturated rings. The van der Waals surface area contributed by atoms with Gasteiger partial charge >= 0.3 is 17.9 Å². The van der Waals surface area contributed by atoms with Crippen LogP contribution in [0.3, 0.4) is 0 Å². The lowest BCUT2D eigenvalue weighted by Crippen LogP contribution is -2.30. The summed E-state index contributed by atoms with van der Waals surface area (Å²) in [5.41, 5.74) is 0. The van der Waals surface area contributed by atoms with Gasteiger partial charge in [0.25, 0.3) is 0 Å². The number of unbranched alkanes of at least 4 members (excludes halogenated alkanes) is 28. The number of allylic oxidation sites excluding steroid dienone is 12. The molecule has 0 heterocycles. The standard InChI is InChI=1S/C61H106O6/c1-4-7-10-13-16-19-22-25-28-29-30-31-34-36-39-42-45-48-51-54-60(63)66-57-58(67-61(64)55-52-49-46-43-40-37-33-27-24-21-18-15-12-9-6-3)56-65-59(62)53-50-47-44-41-38-35-32-26-23-20-17-14-11-8-5-2/h16,19,21,24-26,28,30-32,36,39,58H,4-15,17-18,20,22-23,27,29,33-35,37-38,40-57H2,1-3H3/b19-16-,24-21-,28-25-,31-30-,32-26-,39-36-/t58-/m0/s1. The van der Waals surface area contributed by atoms with Crippen molar-refractivity contribution in [1.29, 1.82) is 0 Å². The maximum atomic E-state index is 12.8. The number of ether oxygens (including phenoxy) is 3. The second kappa shape index (κ2) is 55.4. The van der Waals surface area contributed by atoms with E-state index in [2.05, 4.69) is 93.7 Å². The van der Waals surface area contributed by atoms with Gasteiger partial charge < -0.3 is 14.2 Å². The molecule has 0 aliphatic heterocycles. The van der Waals surface area contributed by atoms with E-state index in [0.717, 1.165) is 89.9 Å². The lowest BCUT2D eigenvalue weighted by Gasteiger charge is -2.18. The van der Waals surface area contributed by atoms with E-state index in [4.69, 9.17) is 14.2 Å². The number of carbonyl (C=O) groups is 3. The third-order valence-electron chi connectivity index (χ3n) is 12.2. The van der Waals surface area contributed by atoms with Crippen molar-refractivity contribution < 1.29 is 28.6 Å². The molecule has 6 nitrogen and oxygen atoms in total. The Morgan fingerprint density at radius 2 is 0.537 bits per heavy atom. The Balaban J connectivity index is 4.45. The first-order chi connectivity index (χ1) is 33.0. The Labute approximate surface area is 414 Å². The zero-order chi connectivity index (χ0) is 48.6.